The number of aliphatic hydroxyl groups excluding tert-OH is 1. The van der Waals surface area contributed by atoms with E-state index in [4.69, 9.17) is 11.7 Å². The number of aliphatic hydroxyl groups is 1. The molecule has 0 spiro atoms. The summed E-state index contributed by atoms with van der Waals surface area (Å²) in [4.78, 5) is 15.7. The predicted molar refractivity (Wildman–Crippen MR) is 117 cm³/mol. The molecule has 4 bridgehead atoms. The Morgan fingerprint density at radius 2 is 1.59 bits per heavy atom. The third-order valence-electron chi connectivity index (χ3n) is 7.35. The Morgan fingerprint density at radius 3 is 2.03 bits per heavy atom. The molecule has 0 aliphatic heterocycles. The summed E-state index contributed by atoms with van der Waals surface area (Å²) in [6, 6.07) is 5.04. The van der Waals surface area contributed by atoms with Crippen molar-refractivity contribution in [2.45, 2.75) is 62.7 Å². The molecule has 14 heteroatoms. The van der Waals surface area contributed by atoms with Crippen molar-refractivity contribution in [2.24, 2.45) is 28.3 Å². The molecule has 5 rings (SSSR count). The molecule has 0 heterocycles. The fourth-order valence-corrected chi connectivity index (χ4v) is 6.79. The maximum Gasteiger partial charge on any atom is 0.432 e. The van der Waals surface area contributed by atoms with Crippen LogP contribution < -0.4 is 0 Å². The van der Waals surface area contributed by atoms with Crippen molar-refractivity contribution < 1.29 is 49.3 Å². The monoisotopic (exact) mass is 550 g/mol. The Morgan fingerprint density at radius 1 is 1.08 bits per heavy atom. The molecule has 4 fully saturated rings. The van der Waals surface area contributed by atoms with Gasteiger partial charge in [-0.05, 0) is 61.8 Å². The number of nitrogens with zero attached hydrogens (tertiary/aromatic N) is 2. The largest absolute Gasteiger partial charge is 0.444 e. The molecule has 0 radical (unpaired) electrons. The number of ether oxygens (including phenoxy) is 1. The minimum Gasteiger partial charge on any atom is -0.444 e. The summed E-state index contributed by atoms with van der Waals surface area (Å²) in [5.41, 5.74) is -1.05. The fraction of sp³-hybridized carbons (Fsp3) is 0.609. The predicted octanol–water partition coefficient (Wildman–Crippen LogP) is 4.39. The molecule has 4 saturated carbocycles. The van der Waals surface area contributed by atoms with Gasteiger partial charge >= 0.3 is 33.4 Å². The van der Waals surface area contributed by atoms with Crippen LogP contribution in [0.1, 0.15) is 49.7 Å². The van der Waals surface area contributed by atoms with Crippen LogP contribution in [0, 0.1) is 29.7 Å². The number of carbonyl (C=O) groups excluding carboxylic acids is 1. The van der Waals surface area contributed by atoms with Crippen molar-refractivity contribution in [3.05, 3.63) is 46.8 Å². The number of alkyl halides is 5. The van der Waals surface area contributed by atoms with E-state index in [0.717, 1.165) is 19.3 Å². The first-order valence-electron chi connectivity index (χ1n) is 11.4. The Hall–Kier alpha value is -2.79. The molecular weight excluding hydrogens is 527 g/mol. The first kappa shape index (κ1) is 27.3. The highest BCUT2D eigenvalue weighted by atomic mass is 32.2. The number of oxime groups is 1. The number of esters is 1. The number of benzene rings is 1. The van der Waals surface area contributed by atoms with Gasteiger partial charge in [0.25, 0.3) is 6.10 Å². The van der Waals surface area contributed by atoms with Crippen molar-refractivity contribution in [3.63, 3.8) is 0 Å². The molecule has 0 aromatic heterocycles. The van der Waals surface area contributed by atoms with E-state index < -0.39 is 44.9 Å². The Labute approximate surface area is 209 Å². The molecule has 4 aliphatic rings. The van der Waals surface area contributed by atoms with Crippen LogP contribution in [0.4, 0.5) is 22.0 Å². The van der Waals surface area contributed by atoms with E-state index in [9.17, 15) is 35.2 Å². The third kappa shape index (κ3) is 5.16. The second kappa shape index (κ2) is 9.50. The van der Waals surface area contributed by atoms with Gasteiger partial charge in [0.15, 0.2) is 0 Å². The smallest absolute Gasteiger partial charge is 0.432 e. The van der Waals surface area contributed by atoms with E-state index in [-0.39, 0.29) is 49.2 Å². The zero-order valence-electron chi connectivity index (χ0n) is 19.2. The molecule has 1 unspecified atom stereocenters. The number of hydrogen-bond acceptors (Lipinski definition) is 7. The van der Waals surface area contributed by atoms with E-state index in [1.807, 2.05) is 0 Å². The molecule has 0 saturated heterocycles. The zero-order chi connectivity index (χ0) is 27.2. The van der Waals surface area contributed by atoms with E-state index in [0.29, 0.717) is 5.56 Å². The zero-order valence-corrected chi connectivity index (χ0v) is 20.1. The minimum atomic E-state index is -6.47. The average molecular weight is 551 g/mol. The Kier molecular flexibility index (Phi) is 7.00. The number of rotatable bonds is 8. The van der Waals surface area contributed by atoms with Gasteiger partial charge in [0.2, 0.25) is 0 Å². The molecule has 0 amide bonds. The van der Waals surface area contributed by atoms with Crippen molar-refractivity contribution >= 4 is 21.9 Å². The lowest BCUT2D eigenvalue weighted by Crippen LogP contribution is -2.56. The van der Waals surface area contributed by atoms with Gasteiger partial charge in [-0.2, -0.15) is 34.7 Å². The Bertz CT molecular complexity index is 1190. The van der Waals surface area contributed by atoms with Crippen LogP contribution in [0.2, 0.25) is 0 Å². The highest BCUT2D eigenvalue weighted by Gasteiger charge is 2.69. The normalized spacial score (nSPS) is 28.5. The van der Waals surface area contributed by atoms with Gasteiger partial charge in [0.05, 0.1) is 17.2 Å². The van der Waals surface area contributed by atoms with Gasteiger partial charge in [-0.1, -0.05) is 30.8 Å². The maximum atomic E-state index is 14.9. The minimum absolute atomic E-state index is 0.0866. The number of hydrogen-bond donors (Lipinski definition) is 1. The van der Waals surface area contributed by atoms with Crippen LogP contribution in [0.15, 0.2) is 29.4 Å². The van der Waals surface area contributed by atoms with Crippen molar-refractivity contribution in [1.82, 2.24) is 0 Å². The van der Waals surface area contributed by atoms with Crippen LogP contribution in [0.5, 0.6) is 0 Å². The molecule has 8 nitrogen and oxygen atoms in total. The van der Waals surface area contributed by atoms with Gasteiger partial charge in [0, 0.05) is 5.56 Å². The lowest BCUT2D eigenvalue weighted by Gasteiger charge is -2.55. The lowest BCUT2D eigenvalue weighted by atomic mass is 9.49. The van der Waals surface area contributed by atoms with Gasteiger partial charge in [0.1, 0.15) is 0 Å². The van der Waals surface area contributed by atoms with Gasteiger partial charge < -0.3 is 14.7 Å². The average Bonchev–Trinajstić information content (AvgIpc) is 2.81. The standard InChI is InChI=1S/C23H23F5N2O6S/c1-29-18(17-4-2-13(12-31)3-5-17)30-36-37(33,34)23(27,28)19(22(24,25)26)35-20(32)21-9-14-6-15(10-21)8-16(7-14)11-21/h2-5,14-16,19,31H,6-12H2/b30-18-. The first-order valence-corrected chi connectivity index (χ1v) is 12.9. The summed E-state index contributed by atoms with van der Waals surface area (Å²) in [5.74, 6) is -2.08. The highest BCUT2D eigenvalue weighted by molar-refractivity contribution is 7.87. The van der Waals surface area contributed by atoms with Crippen LogP contribution in [0.3, 0.4) is 0 Å². The van der Waals surface area contributed by atoms with Gasteiger partial charge in [-0.15, -0.1) is 0 Å². The molecular formula is C23H23F5N2O6S. The molecule has 4 aliphatic carbocycles. The summed E-state index contributed by atoms with van der Waals surface area (Å²) < 4.78 is 103. The van der Waals surface area contributed by atoms with Crippen molar-refractivity contribution in [2.75, 3.05) is 0 Å². The lowest BCUT2D eigenvalue weighted by molar-refractivity contribution is -0.266. The number of amidine groups is 1. The highest BCUT2D eigenvalue weighted by Crippen LogP contribution is 2.60. The molecule has 1 atom stereocenters. The number of halogens is 5. The second-order valence-electron chi connectivity index (χ2n) is 10.00. The fourth-order valence-electron chi connectivity index (χ4n) is 6.08. The van der Waals surface area contributed by atoms with Crippen LogP contribution in [-0.4, -0.2) is 42.9 Å². The first-order chi connectivity index (χ1) is 17.2. The molecule has 37 heavy (non-hydrogen) atoms. The summed E-state index contributed by atoms with van der Waals surface area (Å²) in [5, 5.41) is 6.11. The summed E-state index contributed by atoms with van der Waals surface area (Å²) >= 11 is 0. The molecule has 1 aromatic rings. The summed E-state index contributed by atoms with van der Waals surface area (Å²) in [7, 11) is -6.47. The van der Waals surface area contributed by atoms with E-state index in [2.05, 4.69) is 19.0 Å². The van der Waals surface area contributed by atoms with Crippen LogP contribution in [0.25, 0.3) is 4.85 Å². The SMILES string of the molecule is [C-]#[N+]/C(=N\OS(=O)(=O)C(F)(F)C(OC(=O)C12CC3CC(CC(C3)C1)C2)C(F)(F)F)c1ccc(CO)cc1. The van der Waals surface area contributed by atoms with Crippen molar-refractivity contribution in [3.8, 4) is 0 Å². The van der Waals surface area contributed by atoms with E-state index >= 15 is 0 Å². The third-order valence-corrected chi connectivity index (χ3v) is 8.51. The van der Waals surface area contributed by atoms with Crippen LogP contribution >= 0.6 is 0 Å². The van der Waals surface area contributed by atoms with E-state index in [1.54, 1.807) is 0 Å². The van der Waals surface area contributed by atoms with Gasteiger partial charge in [-0.3, -0.25) is 4.79 Å². The van der Waals surface area contributed by atoms with E-state index in [1.165, 1.54) is 24.3 Å². The molecule has 1 aromatic carbocycles. The topological polar surface area (TPSA) is 107 Å². The van der Waals surface area contributed by atoms with Crippen LogP contribution in [-0.2, 0) is 30.5 Å². The second-order valence-corrected chi connectivity index (χ2v) is 11.6. The molecule has 1 N–H and O–H groups in total. The molecule has 202 valence electrons. The summed E-state index contributed by atoms with van der Waals surface area (Å²) in [6.45, 7) is 6.71. The number of carbonyl (C=O) groups is 1. The summed E-state index contributed by atoms with van der Waals surface area (Å²) in [6.07, 6.45) is -7.20. The maximum absolute atomic E-state index is 14.9. The van der Waals surface area contributed by atoms with Crippen molar-refractivity contribution in [1.29, 1.82) is 0 Å². The Balaban J connectivity index is 1.57. The quantitative estimate of drug-likeness (QED) is 0.129. The van der Waals surface area contributed by atoms with Gasteiger partial charge in [-0.25, -0.2) is 0 Å².